The van der Waals surface area contributed by atoms with Crippen LogP contribution in [0.3, 0.4) is 0 Å². The van der Waals surface area contributed by atoms with Gasteiger partial charge in [0.2, 0.25) is 0 Å². The highest BCUT2D eigenvalue weighted by atomic mass is 16.4. The molecule has 0 aliphatic carbocycles. The van der Waals surface area contributed by atoms with E-state index in [-0.39, 0.29) is 0 Å². The van der Waals surface area contributed by atoms with E-state index in [4.69, 9.17) is 5.11 Å². The maximum absolute atomic E-state index is 10.9. The van der Waals surface area contributed by atoms with Crippen molar-refractivity contribution in [3.05, 3.63) is 29.8 Å². The summed E-state index contributed by atoms with van der Waals surface area (Å²) >= 11 is 0. The molecule has 0 radical (unpaired) electrons. The number of nitrogens with zero attached hydrogens (tertiary/aromatic N) is 1. The third-order valence-corrected chi connectivity index (χ3v) is 3.02. The predicted octanol–water partition coefficient (Wildman–Crippen LogP) is 1.48. The summed E-state index contributed by atoms with van der Waals surface area (Å²) in [7, 11) is 3.83. The summed E-state index contributed by atoms with van der Waals surface area (Å²) in [5, 5.41) is 18.6. The third-order valence-electron chi connectivity index (χ3n) is 3.02. The average molecular weight is 237 g/mol. The fraction of sp³-hybridized carbons (Fsp3) is 0.462. The standard InChI is InChI=1S/C13H19NO3/c1-13(2,11(15)12(16)17)9-6-5-7-10(8-9)14(3)4/h5-8,11,15H,1-4H3,(H,16,17). The maximum atomic E-state index is 10.9. The van der Waals surface area contributed by atoms with Crippen molar-refractivity contribution in [2.45, 2.75) is 25.4 Å². The van der Waals surface area contributed by atoms with Crippen molar-refractivity contribution in [3.8, 4) is 0 Å². The average Bonchev–Trinajstić information content (AvgIpc) is 2.28. The van der Waals surface area contributed by atoms with Gasteiger partial charge in [-0.1, -0.05) is 26.0 Å². The Labute approximate surface area is 101 Å². The van der Waals surface area contributed by atoms with Crippen LogP contribution in [0.2, 0.25) is 0 Å². The number of carbonyl (C=O) groups is 1. The molecule has 0 fully saturated rings. The Hall–Kier alpha value is -1.55. The van der Waals surface area contributed by atoms with Gasteiger partial charge in [-0.2, -0.15) is 0 Å². The van der Waals surface area contributed by atoms with Crippen LogP contribution >= 0.6 is 0 Å². The molecule has 94 valence electrons. The van der Waals surface area contributed by atoms with Gasteiger partial charge in [-0.3, -0.25) is 0 Å². The van der Waals surface area contributed by atoms with Gasteiger partial charge in [-0.25, -0.2) is 4.79 Å². The molecule has 0 aromatic heterocycles. The second-order valence-corrected chi connectivity index (χ2v) is 4.91. The molecule has 0 saturated carbocycles. The van der Waals surface area contributed by atoms with Crippen LogP contribution in [0.15, 0.2) is 24.3 Å². The topological polar surface area (TPSA) is 60.8 Å². The van der Waals surface area contributed by atoms with E-state index in [2.05, 4.69) is 0 Å². The van der Waals surface area contributed by atoms with E-state index in [0.717, 1.165) is 11.3 Å². The van der Waals surface area contributed by atoms with Crippen molar-refractivity contribution in [1.82, 2.24) is 0 Å². The molecule has 0 heterocycles. The minimum Gasteiger partial charge on any atom is -0.479 e. The molecular weight excluding hydrogens is 218 g/mol. The zero-order valence-corrected chi connectivity index (χ0v) is 10.6. The van der Waals surface area contributed by atoms with E-state index in [9.17, 15) is 9.90 Å². The van der Waals surface area contributed by atoms with Crippen LogP contribution in [-0.4, -0.2) is 36.4 Å². The SMILES string of the molecule is CN(C)c1cccc(C(C)(C)C(O)C(=O)O)c1. The molecule has 0 amide bonds. The van der Waals surface area contributed by atoms with Crippen LogP contribution in [0, 0.1) is 0 Å². The number of aliphatic carboxylic acids is 1. The molecule has 0 spiro atoms. The lowest BCUT2D eigenvalue weighted by atomic mass is 9.79. The number of rotatable bonds is 4. The monoisotopic (exact) mass is 237 g/mol. The Morgan fingerprint density at radius 2 is 1.94 bits per heavy atom. The largest absolute Gasteiger partial charge is 0.479 e. The molecule has 1 atom stereocenters. The lowest BCUT2D eigenvalue weighted by Crippen LogP contribution is -2.39. The summed E-state index contributed by atoms with van der Waals surface area (Å²) in [4.78, 5) is 12.8. The molecular formula is C13H19NO3. The fourth-order valence-electron chi connectivity index (χ4n) is 1.65. The van der Waals surface area contributed by atoms with Gasteiger partial charge in [0.25, 0.3) is 0 Å². The van der Waals surface area contributed by atoms with Crippen molar-refractivity contribution >= 4 is 11.7 Å². The third kappa shape index (κ3) is 2.77. The predicted molar refractivity (Wildman–Crippen MR) is 67.4 cm³/mol. The van der Waals surface area contributed by atoms with Crippen molar-refractivity contribution in [2.75, 3.05) is 19.0 Å². The summed E-state index contributed by atoms with van der Waals surface area (Å²) in [5.41, 5.74) is 0.962. The van der Waals surface area contributed by atoms with E-state index in [1.54, 1.807) is 13.8 Å². The summed E-state index contributed by atoms with van der Waals surface area (Å²) in [6, 6.07) is 7.53. The highest BCUT2D eigenvalue weighted by Crippen LogP contribution is 2.29. The van der Waals surface area contributed by atoms with Crippen LogP contribution in [0.5, 0.6) is 0 Å². The smallest absolute Gasteiger partial charge is 0.333 e. The van der Waals surface area contributed by atoms with Crippen LogP contribution < -0.4 is 4.90 Å². The second-order valence-electron chi connectivity index (χ2n) is 4.91. The van der Waals surface area contributed by atoms with Crippen molar-refractivity contribution < 1.29 is 15.0 Å². The molecule has 0 saturated heterocycles. The Bertz CT molecular complexity index is 413. The van der Waals surface area contributed by atoms with E-state index in [1.807, 2.05) is 43.3 Å². The number of aliphatic hydroxyl groups is 1. The number of hydrogen-bond acceptors (Lipinski definition) is 3. The minimum atomic E-state index is -1.42. The molecule has 0 aliphatic rings. The van der Waals surface area contributed by atoms with Crippen LogP contribution in [-0.2, 0) is 10.2 Å². The molecule has 1 rings (SSSR count). The van der Waals surface area contributed by atoms with Gasteiger partial charge in [-0.05, 0) is 17.7 Å². The lowest BCUT2D eigenvalue weighted by Gasteiger charge is -2.29. The Balaban J connectivity index is 3.14. The van der Waals surface area contributed by atoms with E-state index in [1.165, 1.54) is 0 Å². The number of carboxylic acid groups (broad SMARTS) is 1. The Kier molecular flexibility index (Phi) is 3.78. The summed E-state index contributed by atoms with van der Waals surface area (Å²) in [6.07, 6.45) is -1.42. The zero-order chi connectivity index (χ0) is 13.2. The highest BCUT2D eigenvalue weighted by molar-refractivity contribution is 5.74. The van der Waals surface area contributed by atoms with Gasteiger partial charge >= 0.3 is 5.97 Å². The molecule has 1 aromatic rings. The van der Waals surface area contributed by atoms with Gasteiger partial charge < -0.3 is 15.1 Å². The second kappa shape index (κ2) is 4.75. The van der Waals surface area contributed by atoms with E-state index in [0.29, 0.717) is 0 Å². The van der Waals surface area contributed by atoms with Crippen LogP contribution in [0.1, 0.15) is 19.4 Å². The zero-order valence-electron chi connectivity index (χ0n) is 10.6. The first-order valence-electron chi connectivity index (χ1n) is 5.45. The summed E-state index contributed by atoms with van der Waals surface area (Å²) in [6.45, 7) is 3.45. The molecule has 4 heteroatoms. The van der Waals surface area contributed by atoms with Crippen LogP contribution in [0.25, 0.3) is 0 Å². The molecule has 0 aliphatic heterocycles. The number of hydrogen-bond donors (Lipinski definition) is 2. The first kappa shape index (κ1) is 13.5. The highest BCUT2D eigenvalue weighted by Gasteiger charge is 2.35. The fourth-order valence-corrected chi connectivity index (χ4v) is 1.65. The van der Waals surface area contributed by atoms with Gasteiger partial charge in [0.15, 0.2) is 6.10 Å². The number of anilines is 1. The minimum absolute atomic E-state index is 0.804. The summed E-state index contributed by atoms with van der Waals surface area (Å²) in [5.74, 6) is -1.20. The van der Waals surface area contributed by atoms with Crippen molar-refractivity contribution in [2.24, 2.45) is 0 Å². The number of benzene rings is 1. The summed E-state index contributed by atoms with van der Waals surface area (Å²) < 4.78 is 0. The van der Waals surface area contributed by atoms with Gasteiger partial charge in [-0.15, -0.1) is 0 Å². The van der Waals surface area contributed by atoms with Gasteiger partial charge in [0, 0.05) is 25.2 Å². The van der Waals surface area contributed by atoms with E-state index >= 15 is 0 Å². The van der Waals surface area contributed by atoms with Crippen molar-refractivity contribution in [1.29, 1.82) is 0 Å². The molecule has 1 aromatic carbocycles. The normalized spacial score (nSPS) is 13.2. The first-order chi connectivity index (χ1) is 7.76. The van der Waals surface area contributed by atoms with Gasteiger partial charge in [0.05, 0.1) is 0 Å². The molecule has 17 heavy (non-hydrogen) atoms. The molecule has 4 nitrogen and oxygen atoms in total. The first-order valence-corrected chi connectivity index (χ1v) is 5.45. The maximum Gasteiger partial charge on any atom is 0.333 e. The lowest BCUT2D eigenvalue weighted by molar-refractivity contribution is -0.150. The number of carboxylic acids is 1. The van der Waals surface area contributed by atoms with E-state index < -0.39 is 17.5 Å². The molecule has 0 bridgehead atoms. The Morgan fingerprint density at radius 1 is 1.35 bits per heavy atom. The van der Waals surface area contributed by atoms with Gasteiger partial charge in [0.1, 0.15) is 0 Å². The number of aliphatic hydroxyl groups excluding tert-OH is 1. The Morgan fingerprint density at radius 3 is 2.41 bits per heavy atom. The quantitative estimate of drug-likeness (QED) is 0.832. The molecule has 1 unspecified atom stereocenters. The molecule has 2 N–H and O–H groups in total. The van der Waals surface area contributed by atoms with Crippen LogP contribution in [0.4, 0.5) is 5.69 Å². The van der Waals surface area contributed by atoms with Crippen molar-refractivity contribution in [3.63, 3.8) is 0 Å².